The van der Waals surface area contributed by atoms with Crippen molar-refractivity contribution in [1.29, 1.82) is 0 Å². The Morgan fingerprint density at radius 2 is 0.941 bits per heavy atom. The molecule has 0 aliphatic carbocycles. The second kappa shape index (κ2) is 10.8. The minimum atomic E-state index is 0.858. The number of fused-ring (bicyclic) bond motifs is 13. The lowest BCUT2D eigenvalue weighted by Crippen LogP contribution is -2.11. The molecule has 0 bridgehead atoms. The molecule has 0 aliphatic heterocycles. The Bertz CT molecular complexity index is 3150. The lowest BCUT2D eigenvalue weighted by molar-refractivity contribution is 0.669. The molecule has 11 rings (SSSR count). The van der Waals surface area contributed by atoms with Crippen molar-refractivity contribution >= 4 is 93.3 Å². The highest BCUT2D eigenvalue weighted by molar-refractivity contribution is 6.34. The summed E-state index contributed by atoms with van der Waals surface area (Å²) in [6.07, 6.45) is 0. The average Bonchev–Trinajstić information content (AvgIpc) is 3.78. The SMILES string of the molecule is c1ccc(-c2ccccc2N(c2ccc3c4ccccc4c4c(ccc5oc6ccccc6c54)c3c2)c2cccc3c2oc2ccccc23)cc1. The fourth-order valence-corrected chi connectivity index (χ4v) is 8.23. The van der Waals surface area contributed by atoms with Gasteiger partial charge in [-0.15, -0.1) is 0 Å². The third-order valence-electron chi connectivity index (χ3n) is 10.4. The van der Waals surface area contributed by atoms with Crippen LogP contribution in [0.5, 0.6) is 0 Å². The van der Waals surface area contributed by atoms with Gasteiger partial charge in [0.25, 0.3) is 0 Å². The van der Waals surface area contributed by atoms with Crippen LogP contribution in [0.1, 0.15) is 0 Å². The van der Waals surface area contributed by atoms with E-state index >= 15 is 0 Å². The Balaban J connectivity index is 1.27. The monoisotopic (exact) mass is 651 g/mol. The summed E-state index contributed by atoms with van der Waals surface area (Å²) < 4.78 is 13.1. The topological polar surface area (TPSA) is 29.5 Å². The van der Waals surface area contributed by atoms with Crippen molar-refractivity contribution in [2.45, 2.75) is 0 Å². The molecule has 0 fully saturated rings. The average molecular weight is 652 g/mol. The molecule has 0 saturated carbocycles. The largest absolute Gasteiger partial charge is 0.456 e. The highest BCUT2D eigenvalue weighted by Gasteiger charge is 2.23. The van der Waals surface area contributed by atoms with E-state index < -0.39 is 0 Å². The highest BCUT2D eigenvalue weighted by atomic mass is 16.3. The van der Waals surface area contributed by atoms with Crippen LogP contribution >= 0.6 is 0 Å². The van der Waals surface area contributed by atoms with E-state index in [1.807, 2.05) is 12.1 Å². The summed E-state index contributed by atoms with van der Waals surface area (Å²) in [5.41, 5.74) is 8.94. The minimum absolute atomic E-state index is 0.858. The minimum Gasteiger partial charge on any atom is -0.456 e. The third kappa shape index (κ3) is 4.12. The zero-order chi connectivity index (χ0) is 33.5. The van der Waals surface area contributed by atoms with Crippen molar-refractivity contribution < 1.29 is 8.83 Å². The molecule has 51 heavy (non-hydrogen) atoms. The van der Waals surface area contributed by atoms with E-state index in [4.69, 9.17) is 8.83 Å². The van der Waals surface area contributed by atoms with Crippen molar-refractivity contribution in [3.8, 4) is 11.1 Å². The Morgan fingerprint density at radius 3 is 1.80 bits per heavy atom. The van der Waals surface area contributed by atoms with Gasteiger partial charge < -0.3 is 13.7 Å². The van der Waals surface area contributed by atoms with Gasteiger partial charge in [-0.25, -0.2) is 0 Å². The standard InChI is InChI=1S/C48H29NO2/c1-2-13-30(14-3-1)32-15-6-9-21-41(32)49(42-22-12-20-38-35-17-7-10-23-43(35)51-48(38)42)31-25-26-34-33-16-4-5-18-36(33)46-37(40(34)29-31)27-28-45-47(46)39-19-8-11-24-44(39)50-45/h1-29H. The predicted octanol–water partition coefficient (Wildman–Crippen LogP) is 14.1. The van der Waals surface area contributed by atoms with Gasteiger partial charge in [-0.2, -0.15) is 0 Å². The first-order valence-corrected chi connectivity index (χ1v) is 17.4. The molecular formula is C48H29NO2. The maximum atomic E-state index is 6.70. The number of hydrogen-bond donors (Lipinski definition) is 0. The van der Waals surface area contributed by atoms with Gasteiger partial charge in [0, 0.05) is 38.2 Å². The number of para-hydroxylation sites is 4. The summed E-state index contributed by atoms with van der Waals surface area (Å²) in [6, 6.07) is 62.5. The first-order valence-electron chi connectivity index (χ1n) is 17.4. The number of rotatable bonds is 4. The molecule has 2 heterocycles. The van der Waals surface area contributed by atoms with Crippen molar-refractivity contribution in [2.75, 3.05) is 4.90 Å². The molecule has 9 aromatic carbocycles. The van der Waals surface area contributed by atoms with E-state index in [9.17, 15) is 0 Å². The molecule has 0 spiro atoms. The van der Waals surface area contributed by atoms with Gasteiger partial charge in [-0.1, -0.05) is 127 Å². The molecule has 2 aromatic heterocycles. The van der Waals surface area contributed by atoms with E-state index in [0.29, 0.717) is 0 Å². The predicted molar refractivity (Wildman–Crippen MR) is 214 cm³/mol. The Labute approximate surface area is 293 Å². The summed E-state index contributed by atoms with van der Waals surface area (Å²) >= 11 is 0. The zero-order valence-corrected chi connectivity index (χ0v) is 27.5. The molecule has 0 saturated heterocycles. The van der Waals surface area contributed by atoms with Crippen LogP contribution in [0, 0.1) is 0 Å². The fourth-order valence-electron chi connectivity index (χ4n) is 8.23. The van der Waals surface area contributed by atoms with Crippen LogP contribution in [0.2, 0.25) is 0 Å². The Kier molecular flexibility index (Phi) is 5.96. The smallest absolute Gasteiger partial charge is 0.159 e. The number of benzene rings is 9. The second-order valence-corrected chi connectivity index (χ2v) is 13.2. The lowest BCUT2D eigenvalue weighted by Gasteiger charge is -2.28. The number of nitrogens with zero attached hydrogens (tertiary/aromatic N) is 1. The van der Waals surface area contributed by atoms with Gasteiger partial charge in [-0.3, -0.25) is 0 Å². The normalized spacial score (nSPS) is 11.9. The van der Waals surface area contributed by atoms with Crippen LogP contribution < -0.4 is 4.90 Å². The van der Waals surface area contributed by atoms with Crippen LogP contribution in [-0.2, 0) is 0 Å². The molecule has 0 amide bonds. The molecule has 0 atom stereocenters. The Hall–Kier alpha value is -6.84. The molecule has 0 radical (unpaired) electrons. The number of furan rings is 2. The Morgan fingerprint density at radius 1 is 0.333 bits per heavy atom. The maximum absolute atomic E-state index is 6.70. The molecule has 3 heteroatoms. The van der Waals surface area contributed by atoms with Gasteiger partial charge in [-0.05, 0) is 81.0 Å². The lowest BCUT2D eigenvalue weighted by atomic mass is 9.91. The molecule has 238 valence electrons. The molecule has 0 unspecified atom stereocenters. The van der Waals surface area contributed by atoms with E-state index in [0.717, 1.165) is 72.1 Å². The first-order chi connectivity index (χ1) is 25.3. The van der Waals surface area contributed by atoms with Crippen molar-refractivity contribution in [2.24, 2.45) is 0 Å². The summed E-state index contributed by atoms with van der Waals surface area (Å²) in [5.74, 6) is 0. The quantitative estimate of drug-likeness (QED) is 0.177. The van der Waals surface area contributed by atoms with Crippen molar-refractivity contribution in [3.05, 3.63) is 176 Å². The first kappa shape index (κ1) is 28.0. The van der Waals surface area contributed by atoms with Gasteiger partial charge >= 0.3 is 0 Å². The number of anilines is 3. The van der Waals surface area contributed by atoms with Crippen LogP contribution in [-0.4, -0.2) is 0 Å². The van der Waals surface area contributed by atoms with E-state index in [1.165, 1.54) is 32.3 Å². The van der Waals surface area contributed by atoms with Crippen LogP contribution in [0.3, 0.4) is 0 Å². The highest BCUT2D eigenvalue weighted by Crippen LogP contribution is 2.48. The maximum Gasteiger partial charge on any atom is 0.159 e. The molecule has 11 aromatic rings. The van der Waals surface area contributed by atoms with E-state index in [2.05, 4.69) is 169 Å². The molecular weight excluding hydrogens is 623 g/mol. The molecule has 0 aliphatic rings. The van der Waals surface area contributed by atoms with Crippen LogP contribution in [0.15, 0.2) is 185 Å². The van der Waals surface area contributed by atoms with Gasteiger partial charge in [0.05, 0.1) is 11.4 Å². The zero-order valence-electron chi connectivity index (χ0n) is 27.5. The molecule has 0 N–H and O–H groups in total. The summed E-state index contributed by atoms with van der Waals surface area (Å²) in [5, 5.41) is 11.8. The summed E-state index contributed by atoms with van der Waals surface area (Å²) in [7, 11) is 0. The van der Waals surface area contributed by atoms with Gasteiger partial charge in [0.15, 0.2) is 5.58 Å². The van der Waals surface area contributed by atoms with Crippen LogP contribution in [0.25, 0.3) is 87.3 Å². The fraction of sp³-hybridized carbons (Fsp3) is 0. The van der Waals surface area contributed by atoms with E-state index in [-0.39, 0.29) is 0 Å². The molecule has 3 nitrogen and oxygen atoms in total. The van der Waals surface area contributed by atoms with Crippen molar-refractivity contribution in [1.82, 2.24) is 0 Å². The van der Waals surface area contributed by atoms with Crippen molar-refractivity contribution in [3.63, 3.8) is 0 Å². The summed E-state index contributed by atoms with van der Waals surface area (Å²) in [4.78, 5) is 2.37. The third-order valence-corrected chi connectivity index (χ3v) is 10.4. The summed E-state index contributed by atoms with van der Waals surface area (Å²) in [6.45, 7) is 0. The number of hydrogen-bond acceptors (Lipinski definition) is 3. The second-order valence-electron chi connectivity index (χ2n) is 13.2. The van der Waals surface area contributed by atoms with Crippen LogP contribution in [0.4, 0.5) is 17.1 Å². The van der Waals surface area contributed by atoms with E-state index in [1.54, 1.807) is 0 Å². The van der Waals surface area contributed by atoms with Gasteiger partial charge in [0.1, 0.15) is 16.7 Å². The van der Waals surface area contributed by atoms with Gasteiger partial charge in [0.2, 0.25) is 0 Å².